The Bertz CT molecular complexity index is 1420. The van der Waals surface area contributed by atoms with E-state index in [1.54, 1.807) is 42.5 Å². The molecular formula is C26H19ClN2O4. The number of ether oxygens (including phenoxy) is 2. The fourth-order valence-corrected chi connectivity index (χ4v) is 4.00. The molecular weight excluding hydrogens is 440 g/mol. The van der Waals surface area contributed by atoms with E-state index in [1.807, 2.05) is 37.3 Å². The van der Waals surface area contributed by atoms with Gasteiger partial charge >= 0.3 is 0 Å². The lowest BCUT2D eigenvalue weighted by atomic mass is 10.0. The molecule has 33 heavy (non-hydrogen) atoms. The summed E-state index contributed by atoms with van der Waals surface area (Å²) in [6.07, 6.45) is 0. The van der Waals surface area contributed by atoms with Crippen LogP contribution in [0.15, 0.2) is 72.8 Å². The van der Waals surface area contributed by atoms with Crippen LogP contribution in [0.2, 0.25) is 5.02 Å². The maximum atomic E-state index is 13.3. The van der Waals surface area contributed by atoms with Crippen molar-refractivity contribution in [2.75, 3.05) is 17.2 Å². The second-order valence-corrected chi connectivity index (χ2v) is 7.89. The third-order valence-electron chi connectivity index (χ3n) is 5.31. The first kappa shape index (κ1) is 20.8. The molecule has 0 bridgehead atoms. The van der Waals surface area contributed by atoms with Crippen molar-refractivity contribution in [3.63, 3.8) is 0 Å². The van der Waals surface area contributed by atoms with Gasteiger partial charge in [-0.25, -0.2) is 0 Å². The number of hydrogen-bond acceptors (Lipinski definition) is 4. The fourth-order valence-electron chi connectivity index (χ4n) is 3.83. The first-order valence-corrected chi connectivity index (χ1v) is 10.8. The van der Waals surface area contributed by atoms with Crippen LogP contribution in [-0.2, 0) is 0 Å². The van der Waals surface area contributed by atoms with Gasteiger partial charge in [0, 0.05) is 10.7 Å². The number of nitrogens with one attached hydrogen (secondary N) is 2. The zero-order valence-corrected chi connectivity index (χ0v) is 18.4. The van der Waals surface area contributed by atoms with Gasteiger partial charge in [-0.1, -0.05) is 41.9 Å². The van der Waals surface area contributed by atoms with Gasteiger partial charge in [0.15, 0.2) is 5.75 Å². The number of hydrogen-bond donors (Lipinski definition) is 2. The number of amides is 2. The van der Waals surface area contributed by atoms with E-state index >= 15 is 0 Å². The minimum atomic E-state index is -0.359. The number of carbonyl (C=O) groups is 2. The summed E-state index contributed by atoms with van der Waals surface area (Å²) >= 11 is 6.04. The topological polar surface area (TPSA) is 76.7 Å². The van der Waals surface area contributed by atoms with Crippen molar-refractivity contribution < 1.29 is 19.1 Å². The predicted molar refractivity (Wildman–Crippen MR) is 129 cm³/mol. The van der Waals surface area contributed by atoms with Crippen LogP contribution in [0.3, 0.4) is 0 Å². The molecule has 4 aromatic carbocycles. The number of carbonyl (C=O) groups excluding carboxylic acids is 2. The van der Waals surface area contributed by atoms with Gasteiger partial charge in [-0.05, 0) is 60.2 Å². The van der Waals surface area contributed by atoms with Gasteiger partial charge in [-0.3, -0.25) is 9.59 Å². The molecule has 2 amide bonds. The molecule has 0 atom stereocenters. The summed E-state index contributed by atoms with van der Waals surface area (Å²) in [4.78, 5) is 26.2. The summed E-state index contributed by atoms with van der Waals surface area (Å²) < 4.78 is 11.6. The van der Waals surface area contributed by atoms with E-state index in [4.69, 9.17) is 21.1 Å². The van der Waals surface area contributed by atoms with Crippen LogP contribution in [0, 0.1) is 0 Å². The molecule has 1 heterocycles. The second kappa shape index (κ2) is 8.48. The molecule has 0 aliphatic carbocycles. The fraction of sp³-hybridized carbons (Fsp3) is 0.0769. The van der Waals surface area contributed by atoms with Crippen LogP contribution < -0.4 is 20.1 Å². The Hall–Kier alpha value is -4.03. The highest BCUT2D eigenvalue weighted by molar-refractivity contribution is 6.31. The van der Waals surface area contributed by atoms with Crippen molar-refractivity contribution in [2.24, 2.45) is 0 Å². The van der Waals surface area contributed by atoms with Gasteiger partial charge < -0.3 is 20.1 Å². The monoisotopic (exact) mass is 458 g/mol. The molecule has 1 aliphatic rings. The van der Waals surface area contributed by atoms with E-state index in [0.29, 0.717) is 51.4 Å². The zero-order valence-electron chi connectivity index (χ0n) is 17.6. The maximum Gasteiger partial charge on any atom is 0.260 e. The van der Waals surface area contributed by atoms with Gasteiger partial charge in [0.25, 0.3) is 11.8 Å². The quantitative estimate of drug-likeness (QED) is 0.366. The molecule has 0 saturated heterocycles. The van der Waals surface area contributed by atoms with Gasteiger partial charge in [0.05, 0.1) is 23.4 Å². The predicted octanol–water partition coefficient (Wildman–Crippen LogP) is 6.50. The Morgan fingerprint density at radius 2 is 1.85 bits per heavy atom. The minimum Gasteiger partial charge on any atom is -0.493 e. The summed E-state index contributed by atoms with van der Waals surface area (Å²) in [5, 5.41) is 7.89. The van der Waals surface area contributed by atoms with Crippen molar-refractivity contribution in [1.29, 1.82) is 0 Å². The molecule has 0 radical (unpaired) electrons. The van der Waals surface area contributed by atoms with Crippen LogP contribution in [0.4, 0.5) is 11.4 Å². The number of fused-ring (bicyclic) bond motifs is 3. The molecule has 2 N–H and O–H groups in total. The number of anilines is 2. The van der Waals surface area contributed by atoms with Crippen LogP contribution in [0.25, 0.3) is 10.8 Å². The zero-order chi connectivity index (χ0) is 22.9. The standard InChI is InChI=1S/C26H19ClN2O4/c1-2-32-23-10-7-15-5-3-4-6-18(15)24(23)26(31)28-17-9-12-21-19(14-17)25(30)29-20-13-16(27)8-11-22(20)33-21/h3-14H,2H2,1H3,(H,28,31)(H,29,30). The lowest BCUT2D eigenvalue weighted by molar-refractivity contribution is 0.101. The molecule has 164 valence electrons. The Morgan fingerprint density at radius 3 is 2.70 bits per heavy atom. The average molecular weight is 459 g/mol. The number of halogens is 1. The maximum absolute atomic E-state index is 13.3. The van der Waals surface area contributed by atoms with Gasteiger partial charge in [0.2, 0.25) is 0 Å². The minimum absolute atomic E-state index is 0.295. The Balaban J connectivity index is 1.49. The summed E-state index contributed by atoms with van der Waals surface area (Å²) in [5.74, 6) is 0.673. The van der Waals surface area contributed by atoms with Crippen molar-refractivity contribution in [3.05, 3.63) is 88.9 Å². The number of benzene rings is 4. The summed E-state index contributed by atoms with van der Waals surface area (Å²) in [6, 6.07) is 21.3. The highest BCUT2D eigenvalue weighted by Crippen LogP contribution is 2.38. The van der Waals surface area contributed by atoms with Crippen molar-refractivity contribution >= 4 is 45.6 Å². The third-order valence-corrected chi connectivity index (χ3v) is 5.54. The number of rotatable bonds is 4. The summed E-state index contributed by atoms with van der Waals surface area (Å²) in [6.45, 7) is 2.30. The largest absolute Gasteiger partial charge is 0.493 e. The van der Waals surface area contributed by atoms with Crippen molar-refractivity contribution in [1.82, 2.24) is 0 Å². The molecule has 0 spiro atoms. The second-order valence-electron chi connectivity index (χ2n) is 7.45. The molecule has 5 rings (SSSR count). The van der Waals surface area contributed by atoms with E-state index in [2.05, 4.69) is 10.6 Å². The van der Waals surface area contributed by atoms with Gasteiger partial charge in [0.1, 0.15) is 11.5 Å². The van der Waals surface area contributed by atoms with Crippen molar-refractivity contribution in [3.8, 4) is 17.2 Å². The van der Waals surface area contributed by atoms with Gasteiger partial charge in [-0.15, -0.1) is 0 Å². The van der Waals surface area contributed by atoms with Crippen LogP contribution in [0.1, 0.15) is 27.6 Å². The van der Waals surface area contributed by atoms with E-state index < -0.39 is 0 Å². The first-order chi connectivity index (χ1) is 16.0. The SMILES string of the molecule is CCOc1ccc2ccccc2c1C(=O)Nc1ccc2c(c1)C(=O)Nc1cc(Cl)ccc1O2. The van der Waals surface area contributed by atoms with Crippen molar-refractivity contribution in [2.45, 2.75) is 6.92 Å². The Morgan fingerprint density at radius 1 is 1.03 bits per heavy atom. The van der Waals surface area contributed by atoms with Crippen LogP contribution in [0.5, 0.6) is 17.2 Å². The van der Waals surface area contributed by atoms with Crippen LogP contribution in [-0.4, -0.2) is 18.4 Å². The molecule has 7 heteroatoms. The molecule has 0 fully saturated rings. The Kier molecular flexibility index (Phi) is 5.36. The molecule has 6 nitrogen and oxygen atoms in total. The summed E-state index contributed by atoms with van der Waals surface area (Å²) in [7, 11) is 0. The van der Waals surface area contributed by atoms with Gasteiger partial charge in [-0.2, -0.15) is 0 Å². The normalized spacial score (nSPS) is 12.1. The average Bonchev–Trinajstić information content (AvgIpc) is 2.94. The lowest BCUT2D eigenvalue weighted by Crippen LogP contribution is -2.16. The molecule has 4 aromatic rings. The van der Waals surface area contributed by atoms with Crippen LogP contribution >= 0.6 is 11.6 Å². The highest BCUT2D eigenvalue weighted by atomic mass is 35.5. The lowest BCUT2D eigenvalue weighted by Gasteiger charge is -2.14. The molecule has 1 aliphatic heterocycles. The molecule has 0 saturated carbocycles. The molecule has 0 unspecified atom stereocenters. The first-order valence-electron chi connectivity index (χ1n) is 10.4. The Labute approximate surface area is 195 Å². The van der Waals surface area contributed by atoms with E-state index in [9.17, 15) is 9.59 Å². The van der Waals surface area contributed by atoms with E-state index in [0.717, 1.165) is 10.8 Å². The summed E-state index contributed by atoms with van der Waals surface area (Å²) in [5.41, 5.74) is 1.67. The highest BCUT2D eigenvalue weighted by Gasteiger charge is 2.23. The third kappa shape index (κ3) is 3.97. The van der Waals surface area contributed by atoms with E-state index in [1.165, 1.54) is 0 Å². The smallest absolute Gasteiger partial charge is 0.260 e. The van der Waals surface area contributed by atoms with E-state index in [-0.39, 0.29) is 11.8 Å². The molecule has 0 aromatic heterocycles.